The van der Waals surface area contributed by atoms with Crippen LogP contribution in [0.3, 0.4) is 0 Å². The second kappa shape index (κ2) is 7.24. The standard InChI is InChI=1S/C20H29BO4/c1-19(2)20(3,4)25-21(24-19)17-12-10-16(11-13-17)18(22)23-14-15-8-6-5-7-9-15/h5-9,12,16,18,22H,10-11,13-14H2,1-4H3. The van der Waals surface area contributed by atoms with Gasteiger partial charge in [0, 0.05) is 5.92 Å². The molecule has 0 amide bonds. The van der Waals surface area contributed by atoms with E-state index in [4.69, 9.17) is 14.0 Å². The van der Waals surface area contributed by atoms with Crippen LogP contribution in [-0.2, 0) is 20.7 Å². The quantitative estimate of drug-likeness (QED) is 0.651. The fourth-order valence-electron chi connectivity index (χ4n) is 3.23. The number of rotatable bonds is 5. The molecule has 1 heterocycles. The second-order valence-electron chi connectivity index (χ2n) is 8.09. The summed E-state index contributed by atoms with van der Waals surface area (Å²) in [5.74, 6) is 0.120. The molecule has 2 unspecified atom stereocenters. The minimum atomic E-state index is -0.740. The molecule has 5 heteroatoms. The van der Waals surface area contributed by atoms with E-state index in [0.29, 0.717) is 6.61 Å². The van der Waals surface area contributed by atoms with Gasteiger partial charge in [-0.2, -0.15) is 0 Å². The lowest BCUT2D eigenvalue weighted by Crippen LogP contribution is -2.41. The largest absolute Gasteiger partial charge is 0.490 e. The average molecular weight is 344 g/mol. The Morgan fingerprint density at radius 1 is 1.16 bits per heavy atom. The van der Waals surface area contributed by atoms with E-state index in [1.165, 1.54) is 5.47 Å². The molecule has 0 bridgehead atoms. The molecule has 1 saturated heterocycles. The highest BCUT2D eigenvalue weighted by Crippen LogP contribution is 2.40. The molecular formula is C20H29BO4. The molecule has 1 aliphatic heterocycles. The summed E-state index contributed by atoms with van der Waals surface area (Å²) in [5, 5.41) is 10.3. The Hall–Kier alpha value is -1.14. The molecule has 0 aromatic heterocycles. The van der Waals surface area contributed by atoms with Crippen LogP contribution in [0.5, 0.6) is 0 Å². The van der Waals surface area contributed by atoms with Gasteiger partial charge in [0.1, 0.15) is 0 Å². The second-order valence-corrected chi connectivity index (χ2v) is 8.09. The van der Waals surface area contributed by atoms with E-state index in [1.54, 1.807) is 0 Å². The van der Waals surface area contributed by atoms with Crippen LogP contribution >= 0.6 is 0 Å². The van der Waals surface area contributed by atoms with Crippen LogP contribution in [0.2, 0.25) is 0 Å². The lowest BCUT2D eigenvalue weighted by atomic mass is 9.70. The molecule has 2 atom stereocenters. The first-order valence-electron chi connectivity index (χ1n) is 9.17. The van der Waals surface area contributed by atoms with Gasteiger partial charge in [-0.1, -0.05) is 36.4 Å². The molecule has 0 saturated carbocycles. The van der Waals surface area contributed by atoms with Crippen molar-refractivity contribution in [2.45, 2.75) is 71.1 Å². The highest BCUT2D eigenvalue weighted by molar-refractivity contribution is 6.54. The SMILES string of the molecule is CC1(C)OB(C2=CCC(C(O)OCc3ccccc3)CC2)OC1(C)C. The Bertz CT molecular complexity index is 595. The average Bonchev–Trinajstić information content (AvgIpc) is 2.81. The van der Waals surface area contributed by atoms with Gasteiger partial charge in [-0.3, -0.25) is 0 Å². The zero-order valence-electron chi connectivity index (χ0n) is 15.7. The first-order valence-corrected chi connectivity index (χ1v) is 9.17. The van der Waals surface area contributed by atoms with Gasteiger partial charge in [0.05, 0.1) is 17.8 Å². The maximum absolute atomic E-state index is 10.3. The molecule has 1 fully saturated rings. The number of hydrogen-bond acceptors (Lipinski definition) is 4. The number of allylic oxidation sites excluding steroid dienone is 2. The van der Waals surface area contributed by atoms with E-state index < -0.39 is 6.29 Å². The maximum atomic E-state index is 10.3. The van der Waals surface area contributed by atoms with Crippen molar-refractivity contribution >= 4 is 7.12 Å². The van der Waals surface area contributed by atoms with E-state index in [-0.39, 0.29) is 24.2 Å². The van der Waals surface area contributed by atoms with Gasteiger partial charge < -0.3 is 19.2 Å². The monoisotopic (exact) mass is 344 g/mol. The van der Waals surface area contributed by atoms with Crippen LogP contribution in [0.4, 0.5) is 0 Å². The topological polar surface area (TPSA) is 47.9 Å². The van der Waals surface area contributed by atoms with Crippen LogP contribution in [0.25, 0.3) is 0 Å². The van der Waals surface area contributed by atoms with Gasteiger partial charge in [0.25, 0.3) is 0 Å². The molecule has 0 spiro atoms. The van der Waals surface area contributed by atoms with Crippen LogP contribution in [0.1, 0.15) is 52.5 Å². The van der Waals surface area contributed by atoms with Gasteiger partial charge in [-0.25, -0.2) is 0 Å². The van der Waals surface area contributed by atoms with Gasteiger partial charge in [-0.15, -0.1) is 0 Å². The van der Waals surface area contributed by atoms with Crippen LogP contribution in [0, 0.1) is 5.92 Å². The van der Waals surface area contributed by atoms with Crippen molar-refractivity contribution in [2.24, 2.45) is 5.92 Å². The predicted octanol–water partition coefficient (Wildman–Crippen LogP) is 3.88. The predicted molar refractivity (Wildman–Crippen MR) is 98.7 cm³/mol. The molecule has 1 N–H and O–H groups in total. The van der Waals surface area contributed by atoms with E-state index in [0.717, 1.165) is 24.8 Å². The van der Waals surface area contributed by atoms with E-state index in [1.807, 2.05) is 30.3 Å². The number of ether oxygens (including phenoxy) is 1. The van der Waals surface area contributed by atoms with Crippen molar-refractivity contribution in [3.8, 4) is 0 Å². The fraction of sp³-hybridized carbons (Fsp3) is 0.600. The summed E-state index contributed by atoms with van der Waals surface area (Å²) in [6.45, 7) is 8.72. The van der Waals surface area contributed by atoms with E-state index in [2.05, 4.69) is 33.8 Å². The number of hydrogen-bond donors (Lipinski definition) is 1. The Morgan fingerprint density at radius 3 is 2.36 bits per heavy atom. The first-order chi connectivity index (χ1) is 11.8. The minimum Gasteiger partial charge on any atom is -0.400 e. The van der Waals surface area contributed by atoms with Crippen molar-refractivity contribution < 1.29 is 19.2 Å². The van der Waals surface area contributed by atoms with Gasteiger partial charge in [0.15, 0.2) is 6.29 Å². The Kier molecular flexibility index (Phi) is 5.40. The molecule has 4 nitrogen and oxygen atoms in total. The summed E-state index contributed by atoms with van der Waals surface area (Å²) in [6.07, 6.45) is 3.95. The summed E-state index contributed by atoms with van der Waals surface area (Å²) in [7, 11) is -0.270. The Balaban J connectivity index is 1.52. The minimum absolute atomic E-state index is 0.120. The van der Waals surface area contributed by atoms with Crippen molar-refractivity contribution in [1.82, 2.24) is 0 Å². The number of aliphatic hydroxyl groups excluding tert-OH is 1. The van der Waals surface area contributed by atoms with Crippen molar-refractivity contribution in [1.29, 1.82) is 0 Å². The molecular weight excluding hydrogens is 315 g/mol. The van der Waals surface area contributed by atoms with Crippen LogP contribution in [0.15, 0.2) is 41.9 Å². The highest BCUT2D eigenvalue weighted by atomic mass is 16.7. The zero-order valence-corrected chi connectivity index (χ0v) is 15.7. The van der Waals surface area contributed by atoms with Crippen molar-refractivity contribution in [2.75, 3.05) is 0 Å². The van der Waals surface area contributed by atoms with Crippen molar-refractivity contribution in [3.63, 3.8) is 0 Å². The lowest BCUT2D eigenvalue weighted by molar-refractivity contribution is -0.143. The molecule has 25 heavy (non-hydrogen) atoms. The Morgan fingerprint density at radius 2 is 1.80 bits per heavy atom. The molecule has 1 aliphatic carbocycles. The molecule has 1 aromatic carbocycles. The summed E-state index contributed by atoms with van der Waals surface area (Å²) in [4.78, 5) is 0. The molecule has 2 aliphatic rings. The smallest absolute Gasteiger partial charge is 0.400 e. The fourth-order valence-corrected chi connectivity index (χ4v) is 3.23. The van der Waals surface area contributed by atoms with Gasteiger partial charge in [-0.05, 0) is 58.0 Å². The zero-order chi connectivity index (χ0) is 18.1. The maximum Gasteiger partial charge on any atom is 0.490 e. The normalized spacial score (nSPS) is 26.4. The van der Waals surface area contributed by atoms with Crippen LogP contribution in [-0.4, -0.2) is 29.7 Å². The number of benzene rings is 1. The summed E-state index contributed by atoms with van der Waals surface area (Å²) >= 11 is 0. The third-order valence-electron chi connectivity index (χ3n) is 5.71. The van der Waals surface area contributed by atoms with Gasteiger partial charge >= 0.3 is 7.12 Å². The Labute approximate surface area is 151 Å². The lowest BCUT2D eigenvalue weighted by Gasteiger charge is -2.32. The molecule has 136 valence electrons. The van der Waals surface area contributed by atoms with Gasteiger partial charge in [0.2, 0.25) is 0 Å². The summed E-state index contributed by atoms with van der Waals surface area (Å²) < 4.78 is 17.9. The molecule has 3 rings (SSSR count). The third kappa shape index (κ3) is 4.17. The van der Waals surface area contributed by atoms with E-state index in [9.17, 15) is 5.11 Å². The van der Waals surface area contributed by atoms with E-state index >= 15 is 0 Å². The third-order valence-corrected chi connectivity index (χ3v) is 5.71. The summed E-state index contributed by atoms with van der Waals surface area (Å²) in [6, 6.07) is 9.94. The first kappa shape index (κ1) is 18.6. The summed E-state index contributed by atoms with van der Waals surface area (Å²) in [5.41, 5.74) is 1.64. The molecule has 1 aromatic rings. The highest BCUT2D eigenvalue weighted by Gasteiger charge is 2.52. The number of aliphatic hydroxyl groups is 1. The van der Waals surface area contributed by atoms with Crippen LogP contribution < -0.4 is 0 Å². The van der Waals surface area contributed by atoms with Crippen molar-refractivity contribution in [3.05, 3.63) is 47.4 Å². The molecule has 0 radical (unpaired) electrons.